The number of aromatic nitrogens is 2. The van der Waals surface area contributed by atoms with Gasteiger partial charge in [0, 0.05) is 17.7 Å². The van der Waals surface area contributed by atoms with Gasteiger partial charge in [0.25, 0.3) is 0 Å². The Balaban J connectivity index is 2.29. The van der Waals surface area contributed by atoms with Gasteiger partial charge in [-0.1, -0.05) is 44.3 Å². The van der Waals surface area contributed by atoms with Crippen LogP contribution in [-0.4, -0.2) is 17.1 Å². The first kappa shape index (κ1) is 14.7. The molecule has 0 aliphatic heterocycles. The highest BCUT2D eigenvalue weighted by Gasteiger charge is 2.06. The van der Waals surface area contributed by atoms with Gasteiger partial charge < -0.3 is 9.72 Å². The SMILES string of the molecule is COc1ccccc1Cc1nc(=S)cc(CC(C)C)[nH]1. The van der Waals surface area contributed by atoms with Gasteiger partial charge in [0.05, 0.1) is 7.11 Å². The minimum absolute atomic E-state index is 0.585. The fraction of sp³-hybridized carbons (Fsp3) is 0.375. The molecule has 0 spiro atoms. The second-order valence-corrected chi connectivity index (χ2v) is 5.70. The molecule has 0 saturated carbocycles. The van der Waals surface area contributed by atoms with Gasteiger partial charge in [-0.05, 0) is 24.5 Å². The zero-order valence-electron chi connectivity index (χ0n) is 12.1. The summed E-state index contributed by atoms with van der Waals surface area (Å²) >= 11 is 5.25. The van der Waals surface area contributed by atoms with Crippen molar-refractivity contribution in [3.8, 4) is 5.75 Å². The number of ether oxygens (including phenoxy) is 1. The number of nitrogens with zero attached hydrogens (tertiary/aromatic N) is 1. The van der Waals surface area contributed by atoms with Crippen LogP contribution in [0.2, 0.25) is 0 Å². The number of para-hydroxylation sites is 1. The minimum atomic E-state index is 0.585. The average molecular weight is 288 g/mol. The molecule has 0 radical (unpaired) electrons. The van der Waals surface area contributed by atoms with Crippen molar-refractivity contribution in [2.45, 2.75) is 26.7 Å². The van der Waals surface area contributed by atoms with Gasteiger partial charge in [-0.25, -0.2) is 4.98 Å². The maximum atomic E-state index is 5.37. The molecular formula is C16H20N2OS. The molecule has 0 aliphatic rings. The number of rotatable bonds is 5. The van der Waals surface area contributed by atoms with Crippen LogP contribution in [0.4, 0.5) is 0 Å². The number of benzene rings is 1. The fourth-order valence-electron chi connectivity index (χ4n) is 2.23. The maximum absolute atomic E-state index is 5.37. The first-order valence-corrected chi connectivity index (χ1v) is 7.20. The lowest BCUT2D eigenvalue weighted by molar-refractivity contribution is 0.410. The molecule has 106 valence electrons. The Labute approximate surface area is 125 Å². The van der Waals surface area contributed by atoms with Gasteiger partial charge in [-0.15, -0.1) is 0 Å². The first-order chi connectivity index (χ1) is 9.58. The highest BCUT2D eigenvalue weighted by atomic mass is 32.1. The maximum Gasteiger partial charge on any atom is 0.130 e. The third-order valence-corrected chi connectivity index (χ3v) is 3.24. The molecule has 1 aromatic heterocycles. The van der Waals surface area contributed by atoms with E-state index in [1.54, 1.807) is 7.11 Å². The summed E-state index contributed by atoms with van der Waals surface area (Å²) in [7, 11) is 1.68. The molecule has 0 bridgehead atoms. The van der Waals surface area contributed by atoms with Crippen molar-refractivity contribution >= 4 is 12.2 Å². The molecule has 1 heterocycles. The van der Waals surface area contributed by atoms with Crippen LogP contribution in [0.5, 0.6) is 5.75 Å². The van der Waals surface area contributed by atoms with Crippen LogP contribution in [-0.2, 0) is 12.8 Å². The minimum Gasteiger partial charge on any atom is -0.496 e. The molecule has 20 heavy (non-hydrogen) atoms. The number of aromatic amines is 1. The average Bonchev–Trinajstić information content (AvgIpc) is 2.37. The summed E-state index contributed by atoms with van der Waals surface area (Å²) in [6, 6.07) is 9.92. The monoisotopic (exact) mass is 288 g/mol. The van der Waals surface area contributed by atoms with E-state index in [4.69, 9.17) is 17.0 Å². The van der Waals surface area contributed by atoms with Crippen LogP contribution < -0.4 is 4.74 Å². The molecule has 0 saturated heterocycles. The molecule has 0 fully saturated rings. The lowest BCUT2D eigenvalue weighted by Gasteiger charge is -2.10. The van der Waals surface area contributed by atoms with E-state index in [0.29, 0.717) is 17.0 Å². The molecular weight excluding hydrogens is 268 g/mol. The largest absolute Gasteiger partial charge is 0.496 e. The molecule has 3 nitrogen and oxygen atoms in total. The Morgan fingerprint density at radius 2 is 2.05 bits per heavy atom. The molecule has 1 aromatic carbocycles. The van der Waals surface area contributed by atoms with E-state index in [1.807, 2.05) is 30.3 Å². The van der Waals surface area contributed by atoms with Crippen molar-refractivity contribution in [3.05, 3.63) is 52.1 Å². The van der Waals surface area contributed by atoms with Crippen molar-refractivity contribution < 1.29 is 4.74 Å². The van der Waals surface area contributed by atoms with Gasteiger partial charge in [-0.2, -0.15) is 0 Å². The van der Waals surface area contributed by atoms with Gasteiger partial charge in [-0.3, -0.25) is 0 Å². The normalized spacial score (nSPS) is 10.8. The standard InChI is InChI=1S/C16H20N2OS/c1-11(2)8-13-10-16(20)18-15(17-13)9-12-6-4-5-7-14(12)19-3/h4-7,10-11H,8-9H2,1-3H3,(H,17,18,20). The van der Waals surface area contributed by atoms with E-state index in [9.17, 15) is 0 Å². The summed E-state index contributed by atoms with van der Waals surface area (Å²) in [4.78, 5) is 7.80. The van der Waals surface area contributed by atoms with E-state index < -0.39 is 0 Å². The summed E-state index contributed by atoms with van der Waals surface area (Å²) in [5.74, 6) is 2.35. The Morgan fingerprint density at radius 1 is 1.30 bits per heavy atom. The van der Waals surface area contributed by atoms with Gasteiger partial charge in [0.2, 0.25) is 0 Å². The zero-order chi connectivity index (χ0) is 14.5. The topological polar surface area (TPSA) is 37.9 Å². The van der Waals surface area contributed by atoms with Crippen LogP contribution in [0, 0.1) is 10.6 Å². The summed E-state index contributed by atoms with van der Waals surface area (Å²) in [5, 5.41) is 0. The predicted molar refractivity (Wildman–Crippen MR) is 83.8 cm³/mol. The Kier molecular flexibility index (Phi) is 4.90. The number of hydrogen-bond acceptors (Lipinski definition) is 3. The molecule has 2 aromatic rings. The number of methoxy groups -OCH3 is 1. The van der Waals surface area contributed by atoms with E-state index in [-0.39, 0.29) is 0 Å². The van der Waals surface area contributed by atoms with Crippen LogP contribution >= 0.6 is 12.2 Å². The lowest BCUT2D eigenvalue weighted by atomic mass is 10.1. The van der Waals surface area contributed by atoms with Crippen molar-refractivity contribution in [1.82, 2.24) is 9.97 Å². The summed E-state index contributed by atoms with van der Waals surface area (Å²) in [5.41, 5.74) is 2.25. The van der Waals surface area contributed by atoms with Crippen LogP contribution in [0.1, 0.15) is 30.9 Å². The Hall–Kier alpha value is -1.68. The molecule has 2 rings (SSSR count). The summed E-state index contributed by atoms with van der Waals surface area (Å²) in [6.45, 7) is 4.38. The molecule has 4 heteroatoms. The molecule has 1 N–H and O–H groups in total. The fourth-order valence-corrected chi connectivity index (χ4v) is 2.48. The van der Waals surface area contributed by atoms with Gasteiger partial charge >= 0.3 is 0 Å². The first-order valence-electron chi connectivity index (χ1n) is 6.79. The van der Waals surface area contributed by atoms with E-state index >= 15 is 0 Å². The molecule has 0 amide bonds. The summed E-state index contributed by atoms with van der Waals surface area (Å²) in [6.07, 6.45) is 1.67. The van der Waals surface area contributed by atoms with Crippen LogP contribution in [0.25, 0.3) is 0 Å². The molecule has 0 aliphatic carbocycles. The molecule has 0 atom stereocenters. The third kappa shape index (κ3) is 3.90. The number of hydrogen-bond donors (Lipinski definition) is 1. The highest BCUT2D eigenvalue weighted by Crippen LogP contribution is 2.20. The van der Waals surface area contributed by atoms with Gasteiger partial charge in [0.15, 0.2) is 0 Å². The number of H-pyrrole nitrogens is 1. The van der Waals surface area contributed by atoms with E-state index in [1.165, 1.54) is 0 Å². The number of nitrogens with one attached hydrogen (secondary N) is 1. The quantitative estimate of drug-likeness (QED) is 0.847. The van der Waals surface area contributed by atoms with Gasteiger partial charge in [0.1, 0.15) is 16.2 Å². The van der Waals surface area contributed by atoms with Crippen molar-refractivity contribution in [2.24, 2.45) is 5.92 Å². The zero-order valence-corrected chi connectivity index (χ0v) is 13.0. The van der Waals surface area contributed by atoms with E-state index in [2.05, 4.69) is 23.8 Å². The Bertz CT molecular complexity index is 634. The second-order valence-electron chi connectivity index (χ2n) is 5.28. The highest BCUT2D eigenvalue weighted by molar-refractivity contribution is 7.71. The second kappa shape index (κ2) is 6.66. The van der Waals surface area contributed by atoms with Crippen molar-refractivity contribution in [1.29, 1.82) is 0 Å². The summed E-state index contributed by atoms with van der Waals surface area (Å²) < 4.78 is 6.02. The smallest absolute Gasteiger partial charge is 0.130 e. The van der Waals surface area contributed by atoms with E-state index in [0.717, 1.165) is 29.3 Å². The lowest BCUT2D eigenvalue weighted by Crippen LogP contribution is -2.04. The Morgan fingerprint density at radius 3 is 2.75 bits per heavy atom. The third-order valence-electron chi connectivity index (χ3n) is 3.03. The van der Waals surface area contributed by atoms with Crippen molar-refractivity contribution in [2.75, 3.05) is 7.11 Å². The van der Waals surface area contributed by atoms with Crippen molar-refractivity contribution in [3.63, 3.8) is 0 Å². The van der Waals surface area contributed by atoms with Crippen LogP contribution in [0.3, 0.4) is 0 Å². The van der Waals surface area contributed by atoms with Crippen LogP contribution in [0.15, 0.2) is 30.3 Å². The molecule has 0 unspecified atom stereocenters. The predicted octanol–water partition coefficient (Wildman–Crippen LogP) is 3.94.